The Kier molecular flexibility index (Phi) is 7.25. The quantitative estimate of drug-likeness (QED) is 0.704. The number of ether oxygens (including phenoxy) is 1. The summed E-state index contributed by atoms with van der Waals surface area (Å²) < 4.78 is 46.5. The molecule has 1 aliphatic rings. The first-order valence-corrected chi connectivity index (χ1v) is 11.4. The maximum absolute atomic E-state index is 13.4. The molecule has 1 saturated heterocycles. The van der Waals surface area contributed by atoms with E-state index < -0.39 is 15.8 Å². The van der Waals surface area contributed by atoms with Crippen LogP contribution in [0.4, 0.5) is 10.1 Å². The number of nitrogens with one attached hydrogen (secondary N) is 1. The Morgan fingerprint density at radius 2 is 1.90 bits per heavy atom. The van der Waals surface area contributed by atoms with E-state index in [0.717, 1.165) is 12.1 Å². The van der Waals surface area contributed by atoms with Crippen LogP contribution in [-0.2, 0) is 14.8 Å². The van der Waals surface area contributed by atoms with Crippen molar-refractivity contribution in [1.82, 2.24) is 4.90 Å². The molecule has 0 spiro atoms. The molecule has 164 valence electrons. The number of halogens is 1. The van der Waals surface area contributed by atoms with Crippen LogP contribution >= 0.6 is 0 Å². The summed E-state index contributed by atoms with van der Waals surface area (Å²) in [7, 11) is -3.98. The van der Waals surface area contributed by atoms with E-state index in [1.165, 1.54) is 24.3 Å². The summed E-state index contributed by atoms with van der Waals surface area (Å²) in [4.78, 5) is 14.9. The van der Waals surface area contributed by atoms with Crippen LogP contribution in [0, 0.1) is 24.1 Å². The van der Waals surface area contributed by atoms with Gasteiger partial charge in [0, 0.05) is 37.1 Å². The fourth-order valence-electron chi connectivity index (χ4n) is 3.50. The number of nitrogens with zero attached hydrogens (tertiary/aromatic N) is 2. The van der Waals surface area contributed by atoms with Gasteiger partial charge in [0.2, 0.25) is 0 Å². The Balaban J connectivity index is 1.90. The van der Waals surface area contributed by atoms with Gasteiger partial charge in [-0.2, -0.15) is 5.26 Å². The molecule has 0 aromatic heterocycles. The molecule has 0 unspecified atom stereocenters. The van der Waals surface area contributed by atoms with E-state index in [9.17, 15) is 17.6 Å². The van der Waals surface area contributed by atoms with Gasteiger partial charge in [-0.1, -0.05) is 6.07 Å². The minimum atomic E-state index is -3.98. The van der Waals surface area contributed by atoms with Crippen molar-refractivity contribution in [2.45, 2.75) is 37.1 Å². The maximum Gasteiger partial charge on any atom is 0.261 e. The zero-order chi connectivity index (χ0) is 22.4. The number of carbonyl (C=O) groups excluding carboxylic acids is 1. The first kappa shape index (κ1) is 22.7. The van der Waals surface area contributed by atoms with Crippen LogP contribution < -0.4 is 4.72 Å². The van der Waals surface area contributed by atoms with Crippen molar-refractivity contribution in [3.63, 3.8) is 0 Å². The predicted octanol–water partition coefficient (Wildman–Crippen LogP) is 3.47. The van der Waals surface area contributed by atoms with Crippen molar-refractivity contribution in [3.8, 4) is 6.07 Å². The molecule has 1 fully saturated rings. The van der Waals surface area contributed by atoms with Crippen molar-refractivity contribution >= 4 is 21.6 Å². The second-order valence-corrected chi connectivity index (χ2v) is 9.02. The van der Waals surface area contributed by atoms with E-state index in [4.69, 9.17) is 10.00 Å². The molecule has 0 bridgehead atoms. The van der Waals surface area contributed by atoms with Crippen LogP contribution in [0.1, 0.15) is 35.2 Å². The summed E-state index contributed by atoms with van der Waals surface area (Å²) in [6.45, 7) is 3.08. The molecule has 0 aliphatic carbocycles. The smallest absolute Gasteiger partial charge is 0.261 e. The van der Waals surface area contributed by atoms with E-state index in [1.807, 2.05) is 0 Å². The SMILES string of the molecule is Cc1ccc(S(=O)(=O)Nc2ccc(F)cc2)cc1C(=O)N(CCC#N)C1CCOCC1. The van der Waals surface area contributed by atoms with Gasteiger partial charge in [0.1, 0.15) is 5.82 Å². The molecule has 3 rings (SSSR count). The van der Waals surface area contributed by atoms with Gasteiger partial charge in [0.05, 0.1) is 17.4 Å². The van der Waals surface area contributed by atoms with Crippen molar-refractivity contribution < 1.29 is 22.3 Å². The van der Waals surface area contributed by atoms with Crippen LogP contribution in [0.5, 0.6) is 0 Å². The Labute approximate surface area is 181 Å². The van der Waals surface area contributed by atoms with Crippen LogP contribution in [0.25, 0.3) is 0 Å². The van der Waals surface area contributed by atoms with Gasteiger partial charge in [0.25, 0.3) is 15.9 Å². The summed E-state index contributed by atoms with van der Waals surface area (Å²) in [5.74, 6) is -0.782. The highest BCUT2D eigenvalue weighted by Crippen LogP contribution is 2.23. The lowest BCUT2D eigenvalue weighted by molar-refractivity contribution is 0.0295. The number of rotatable bonds is 7. The van der Waals surface area contributed by atoms with Gasteiger partial charge >= 0.3 is 0 Å². The Bertz CT molecular complexity index is 1070. The molecule has 31 heavy (non-hydrogen) atoms. The summed E-state index contributed by atoms with van der Waals surface area (Å²) in [5, 5.41) is 9.00. The first-order valence-electron chi connectivity index (χ1n) is 9.96. The van der Waals surface area contributed by atoms with Gasteiger partial charge in [-0.15, -0.1) is 0 Å². The number of aryl methyl sites for hydroxylation is 1. The van der Waals surface area contributed by atoms with E-state index in [0.29, 0.717) is 31.6 Å². The summed E-state index contributed by atoms with van der Waals surface area (Å²) in [6.07, 6.45) is 1.52. The highest BCUT2D eigenvalue weighted by Gasteiger charge is 2.28. The minimum Gasteiger partial charge on any atom is -0.381 e. The van der Waals surface area contributed by atoms with Crippen molar-refractivity contribution in [1.29, 1.82) is 5.26 Å². The third-order valence-electron chi connectivity index (χ3n) is 5.20. The first-order chi connectivity index (χ1) is 14.8. The van der Waals surface area contributed by atoms with Gasteiger partial charge in [0.15, 0.2) is 0 Å². The fraction of sp³-hybridized carbons (Fsp3) is 0.364. The Hall–Kier alpha value is -2.96. The Morgan fingerprint density at radius 3 is 2.55 bits per heavy atom. The predicted molar refractivity (Wildman–Crippen MR) is 113 cm³/mol. The summed E-state index contributed by atoms with van der Waals surface area (Å²) >= 11 is 0. The lowest BCUT2D eigenvalue weighted by Gasteiger charge is -2.34. The van der Waals surface area contributed by atoms with Gasteiger partial charge in [-0.3, -0.25) is 9.52 Å². The van der Waals surface area contributed by atoms with Crippen molar-refractivity contribution in [2.75, 3.05) is 24.5 Å². The fourth-order valence-corrected chi connectivity index (χ4v) is 4.59. The molecule has 1 aliphatic heterocycles. The van der Waals surface area contributed by atoms with Crippen LogP contribution in [0.3, 0.4) is 0 Å². The molecule has 2 aromatic rings. The lowest BCUT2D eigenvalue weighted by Crippen LogP contribution is -2.44. The third kappa shape index (κ3) is 5.60. The number of sulfonamides is 1. The molecule has 1 amide bonds. The van der Waals surface area contributed by atoms with Crippen LogP contribution in [0.15, 0.2) is 47.4 Å². The number of hydrogen-bond acceptors (Lipinski definition) is 5. The molecule has 0 saturated carbocycles. The number of anilines is 1. The maximum atomic E-state index is 13.4. The molecule has 0 radical (unpaired) electrons. The summed E-state index contributed by atoms with van der Waals surface area (Å²) in [6, 6.07) is 11.3. The second kappa shape index (κ2) is 9.90. The molecular weight excluding hydrogens is 421 g/mol. The van der Waals surface area contributed by atoms with Crippen LogP contribution in [0.2, 0.25) is 0 Å². The number of nitriles is 1. The molecule has 0 atom stereocenters. The topological polar surface area (TPSA) is 99.5 Å². The standard InChI is InChI=1S/C22H24FN3O4S/c1-16-3-8-20(31(28,29)25-18-6-4-17(23)5-7-18)15-21(16)22(27)26(12-2-11-24)19-9-13-30-14-10-19/h3-8,15,19,25H,2,9-10,12-14H2,1H3. The molecule has 9 heteroatoms. The summed E-state index contributed by atoms with van der Waals surface area (Å²) in [5.41, 5.74) is 1.12. The average Bonchev–Trinajstić information content (AvgIpc) is 2.76. The zero-order valence-corrected chi connectivity index (χ0v) is 18.0. The highest BCUT2D eigenvalue weighted by molar-refractivity contribution is 7.92. The van der Waals surface area contributed by atoms with Gasteiger partial charge in [-0.25, -0.2) is 12.8 Å². The van der Waals surface area contributed by atoms with E-state index >= 15 is 0 Å². The van der Waals surface area contributed by atoms with Crippen molar-refractivity contribution in [3.05, 3.63) is 59.4 Å². The normalized spacial score (nSPS) is 14.6. The largest absolute Gasteiger partial charge is 0.381 e. The number of benzene rings is 2. The average molecular weight is 446 g/mol. The highest BCUT2D eigenvalue weighted by atomic mass is 32.2. The third-order valence-corrected chi connectivity index (χ3v) is 6.58. The lowest BCUT2D eigenvalue weighted by atomic mass is 10.0. The van der Waals surface area contributed by atoms with Crippen molar-refractivity contribution in [2.24, 2.45) is 0 Å². The van der Waals surface area contributed by atoms with Gasteiger partial charge in [-0.05, 0) is 61.7 Å². The molecule has 1 N–H and O–H groups in total. The van der Waals surface area contributed by atoms with Gasteiger partial charge < -0.3 is 9.64 Å². The number of carbonyl (C=O) groups is 1. The van der Waals surface area contributed by atoms with E-state index in [1.54, 1.807) is 17.9 Å². The van der Waals surface area contributed by atoms with E-state index in [2.05, 4.69) is 10.8 Å². The Morgan fingerprint density at radius 1 is 1.23 bits per heavy atom. The second-order valence-electron chi connectivity index (χ2n) is 7.34. The number of amides is 1. The van der Waals surface area contributed by atoms with E-state index in [-0.39, 0.29) is 41.1 Å². The van der Waals surface area contributed by atoms with Crippen LogP contribution in [-0.4, -0.2) is 45.0 Å². The zero-order valence-electron chi connectivity index (χ0n) is 17.2. The minimum absolute atomic E-state index is 0.0633. The monoisotopic (exact) mass is 445 g/mol. The molecular formula is C22H24FN3O4S. The number of hydrogen-bond donors (Lipinski definition) is 1. The molecule has 2 aromatic carbocycles. The molecule has 1 heterocycles. The molecule has 7 nitrogen and oxygen atoms in total.